The largest absolute Gasteiger partial charge is 0.377 e. The molecule has 0 spiro atoms. The van der Waals surface area contributed by atoms with E-state index in [1.54, 1.807) is 7.11 Å². The van der Waals surface area contributed by atoms with Gasteiger partial charge in [-0.15, -0.1) is 0 Å². The van der Waals surface area contributed by atoms with Gasteiger partial charge in [0, 0.05) is 30.8 Å². The molecule has 4 unspecified atom stereocenters. The monoisotopic (exact) mass is 297 g/mol. The van der Waals surface area contributed by atoms with E-state index in [0.29, 0.717) is 12.1 Å². The molecule has 4 heteroatoms. The molecular formula is C16H24ClNO2. The fourth-order valence-electron chi connectivity index (χ4n) is 2.88. The number of ether oxygens (including phenoxy) is 2. The Bertz CT molecular complexity index is 427. The molecule has 1 saturated carbocycles. The second-order valence-electron chi connectivity index (χ2n) is 5.44. The Balaban J connectivity index is 1.82. The van der Waals surface area contributed by atoms with Gasteiger partial charge in [-0.1, -0.05) is 23.7 Å². The number of benzene rings is 1. The minimum atomic E-state index is 0.164. The number of hydrogen-bond acceptors (Lipinski definition) is 3. The van der Waals surface area contributed by atoms with E-state index in [0.717, 1.165) is 24.5 Å². The first kappa shape index (κ1) is 15.8. The van der Waals surface area contributed by atoms with Crippen LogP contribution >= 0.6 is 11.6 Å². The normalized spacial score (nSPS) is 27.1. The van der Waals surface area contributed by atoms with Crippen molar-refractivity contribution in [2.45, 2.75) is 51.0 Å². The highest BCUT2D eigenvalue weighted by atomic mass is 35.5. The predicted octanol–water partition coefficient (Wildman–Crippen LogP) is 3.05. The van der Waals surface area contributed by atoms with Crippen LogP contribution in [0.25, 0.3) is 0 Å². The highest BCUT2D eigenvalue weighted by Crippen LogP contribution is 2.27. The molecule has 3 nitrogen and oxygen atoms in total. The number of hydrogen-bond donors (Lipinski definition) is 1. The maximum atomic E-state index is 6.02. The molecule has 0 aliphatic heterocycles. The summed E-state index contributed by atoms with van der Waals surface area (Å²) < 4.78 is 11.2. The van der Waals surface area contributed by atoms with E-state index in [-0.39, 0.29) is 12.2 Å². The van der Waals surface area contributed by atoms with Gasteiger partial charge in [0.2, 0.25) is 0 Å². The summed E-state index contributed by atoms with van der Waals surface area (Å²) in [5, 5.41) is 4.42. The van der Waals surface area contributed by atoms with Crippen LogP contribution in [0.3, 0.4) is 0 Å². The number of rotatable bonds is 7. The fourth-order valence-corrected chi connectivity index (χ4v) is 3.09. The van der Waals surface area contributed by atoms with Gasteiger partial charge in [0.1, 0.15) is 0 Å². The van der Waals surface area contributed by atoms with Crippen LogP contribution in [0.5, 0.6) is 0 Å². The SMILES string of the molecule is CCOC1CC(NC(C)Cc2cccc(Cl)c2)C1OC. The van der Waals surface area contributed by atoms with Crippen molar-refractivity contribution in [1.82, 2.24) is 5.32 Å². The lowest BCUT2D eigenvalue weighted by Gasteiger charge is -2.44. The molecule has 1 aromatic carbocycles. The quantitative estimate of drug-likeness (QED) is 0.839. The minimum Gasteiger partial charge on any atom is -0.377 e. The van der Waals surface area contributed by atoms with Crippen molar-refractivity contribution < 1.29 is 9.47 Å². The van der Waals surface area contributed by atoms with E-state index in [2.05, 4.69) is 18.3 Å². The van der Waals surface area contributed by atoms with E-state index >= 15 is 0 Å². The molecule has 0 heterocycles. The smallest absolute Gasteiger partial charge is 0.0986 e. The van der Waals surface area contributed by atoms with E-state index < -0.39 is 0 Å². The van der Waals surface area contributed by atoms with Gasteiger partial charge in [0.15, 0.2) is 0 Å². The molecule has 0 saturated heterocycles. The van der Waals surface area contributed by atoms with Crippen LogP contribution in [0.1, 0.15) is 25.8 Å². The van der Waals surface area contributed by atoms with Gasteiger partial charge < -0.3 is 14.8 Å². The summed E-state index contributed by atoms with van der Waals surface area (Å²) in [6.07, 6.45) is 2.39. The van der Waals surface area contributed by atoms with Crippen LogP contribution in [0.4, 0.5) is 0 Å². The zero-order valence-corrected chi connectivity index (χ0v) is 13.2. The number of methoxy groups -OCH3 is 1. The van der Waals surface area contributed by atoms with Gasteiger partial charge in [-0.25, -0.2) is 0 Å². The summed E-state index contributed by atoms with van der Waals surface area (Å²) in [4.78, 5) is 0. The number of halogens is 1. The van der Waals surface area contributed by atoms with E-state index in [1.165, 1.54) is 5.56 Å². The maximum Gasteiger partial charge on any atom is 0.0986 e. The lowest BCUT2D eigenvalue weighted by molar-refractivity contribution is -0.132. The van der Waals surface area contributed by atoms with Crippen LogP contribution in [-0.4, -0.2) is 38.0 Å². The van der Waals surface area contributed by atoms with Gasteiger partial charge in [-0.3, -0.25) is 0 Å². The van der Waals surface area contributed by atoms with Crippen molar-refractivity contribution in [2.24, 2.45) is 0 Å². The molecule has 0 bridgehead atoms. The topological polar surface area (TPSA) is 30.5 Å². The summed E-state index contributed by atoms with van der Waals surface area (Å²) in [6, 6.07) is 8.81. The highest BCUT2D eigenvalue weighted by molar-refractivity contribution is 6.30. The number of nitrogens with one attached hydrogen (secondary N) is 1. The molecule has 1 aliphatic carbocycles. The lowest BCUT2D eigenvalue weighted by Crippen LogP contribution is -2.61. The zero-order chi connectivity index (χ0) is 14.5. The molecule has 2 rings (SSSR count). The zero-order valence-electron chi connectivity index (χ0n) is 12.4. The second-order valence-corrected chi connectivity index (χ2v) is 5.87. The van der Waals surface area contributed by atoms with Gasteiger partial charge in [0.05, 0.1) is 12.2 Å². The van der Waals surface area contributed by atoms with Crippen LogP contribution in [0.2, 0.25) is 5.02 Å². The second kappa shape index (κ2) is 7.41. The van der Waals surface area contributed by atoms with Crippen molar-refractivity contribution in [3.05, 3.63) is 34.9 Å². The Morgan fingerprint density at radius 1 is 1.45 bits per heavy atom. The van der Waals surface area contributed by atoms with Gasteiger partial charge in [-0.05, 0) is 44.4 Å². The summed E-state index contributed by atoms with van der Waals surface area (Å²) in [5.74, 6) is 0. The minimum absolute atomic E-state index is 0.164. The molecule has 1 fully saturated rings. The molecule has 0 aromatic heterocycles. The maximum absolute atomic E-state index is 6.02. The Hall–Kier alpha value is -0.610. The van der Waals surface area contributed by atoms with E-state index in [4.69, 9.17) is 21.1 Å². The van der Waals surface area contributed by atoms with E-state index in [1.807, 2.05) is 25.1 Å². The first-order valence-electron chi connectivity index (χ1n) is 7.29. The molecular weight excluding hydrogens is 274 g/mol. The summed E-state index contributed by atoms with van der Waals surface area (Å²) in [7, 11) is 1.76. The van der Waals surface area contributed by atoms with Crippen molar-refractivity contribution in [3.63, 3.8) is 0 Å². The van der Waals surface area contributed by atoms with Gasteiger partial charge in [-0.2, -0.15) is 0 Å². The highest BCUT2D eigenvalue weighted by Gasteiger charge is 2.42. The third kappa shape index (κ3) is 3.95. The summed E-state index contributed by atoms with van der Waals surface area (Å²) in [6.45, 7) is 4.96. The molecule has 1 N–H and O–H groups in total. The Kier molecular flexibility index (Phi) is 5.85. The Labute approximate surface area is 126 Å². The average molecular weight is 298 g/mol. The van der Waals surface area contributed by atoms with Gasteiger partial charge in [0.25, 0.3) is 0 Å². The predicted molar refractivity (Wildman–Crippen MR) is 82.4 cm³/mol. The van der Waals surface area contributed by atoms with Crippen molar-refractivity contribution in [2.75, 3.05) is 13.7 Å². The summed E-state index contributed by atoms with van der Waals surface area (Å²) in [5.41, 5.74) is 1.26. The molecule has 0 amide bonds. The van der Waals surface area contributed by atoms with Crippen molar-refractivity contribution in [3.8, 4) is 0 Å². The molecule has 20 heavy (non-hydrogen) atoms. The molecule has 1 aliphatic rings. The van der Waals surface area contributed by atoms with Crippen LogP contribution in [-0.2, 0) is 15.9 Å². The first-order valence-corrected chi connectivity index (χ1v) is 7.66. The van der Waals surface area contributed by atoms with E-state index in [9.17, 15) is 0 Å². The molecule has 1 aromatic rings. The average Bonchev–Trinajstić information content (AvgIpc) is 2.37. The third-order valence-corrected chi connectivity index (χ3v) is 4.07. The van der Waals surface area contributed by atoms with Crippen LogP contribution in [0.15, 0.2) is 24.3 Å². The third-order valence-electron chi connectivity index (χ3n) is 3.83. The molecule has 0 radical (unpaired) electrons. The lowest BCUT2D eigenvalue weighted by atomic mass is 9.84. The fraction of sp³-hybridized carbons (Fsp3) is 0.625. The summed E-state index contributed by atoms with van der Waals surface area (Å²) >= 11 is 6.02. The van der Waals surface area contributed by atoms with Gasteiger partial charge >= 0.3 is 0 Å². The Morgan fingerprint density at radius 2 is 2.25 bits per heavy atom. The van der Waals surface area contributed by atoms with Crippen LogP contribution in [0, 0.1) is 0 Å². The first-order chi connectivity index (χ1) is 9.63. The van der Waals surface area contributed by atoms with Crippen molar-refractivity contribution in [1.29, 1.82) is 0 Å². The van der Waals surface area contributed by atoms with Crippen LogP contribution < -0.4 is 5.32 Å². The standard InChI is InChI=1S/C16H24ClNO2/c1-4-20-15-10-14(16(15)19-3)18-11(2)8-12-6-5-7-13(17)9-12/h5-7,9,11,14-16,18H,4,8,10H2,1-3H3. The van der Waals surface area contributed by atoms with Crippen molar-refractivity contribution >= 4 is 11.6 Å². The molecule has 112 valence electrons. The Morgan fingerprint density at radius 3 is 2.90 bits per heavy atom. The molecule has 4 atom stereocenters.